The lowest BCUT2D eigenvalue weighted by molar-refractivity contribution is -0.141. The van der Waals surface area contributed by atoms with Crippen molar-refractivity contribution in [1.29, 1.82) is 0 Å². The summed E-state index contributed by atoms with van der Waals surface area (Å²) in [7, 11) is 3.19. The Bertz CT molecular complexity index is 950. The molecule has 144 valence electrons. The minimum absolute atomic E-state index is 0.142. The molecule has 5 nitrogen and oxygen atoms in total. The van der Waals surface area contributed by atoms with Crippen molar-refractivity contribution in [3.63, 3.8) is 0 Å². The maximum Gasteiger partial charge on any atom is 0.312 e. The van der Waals surface area contributed by atoms with E-state index in [-0.39, 0.29) is 19.0 Å². The van der Waals surface area contributed by atoms with Crippen molar-refractivity contribution in [2.75, 3.05) is 20.8 Å². The zero-order valence-corrected chi connectivity index (χ0v) is 16.6. The summed E-state index contributed by atoms with van der Waals surface area (Å²) in [5.41, 5.74) is 2.66. The number of nitrogens with zero attached hydrogens (tertiary/aromatic N) is 1. The molecule has 1 heterocycles. The summed E-state index contributed by atoms with van der Waals surface area (Å²) >= 11 is 1.47. The van der Waals surface area contributed by atoms with Crippen molar-refractivity contribution in [3.05, 3.63) is 71.2 Å². The first kappa shape index (κ1) is 19.6. The van der Waals surface area contributed by atoms with Gasteiger partial charge >= 0.3 is 5.97 Å². The van der Waals surface area contributed by atoms with Gasteiger partial charge in [-0.1, -0.05) is 36.4 Å². The summed E-state index contributed by atoms with van der Waals surface area (Å²) in [5.74, 6) is 0.999. The smallest absolute Gasteiger partial charge is 0.312 e. The monoisotopic (exact) mass is 395 g/mol. The molecule has 6 heteroatoms. The quantitative estimate of drug-likeness (QED) is 0.521. The second kappa shape index (κ2) is 9.71. The van der Waals surface area contributed by atoms with Crippen molar-refractivity contribution in [1.82, 2.24) is 4.98 Å². The summed E-state index contributed by atoms with van der Waals surface area (Å²) in [6.45, 7) is 0.237. The molecule has 0 atom stereocenters. The zero-order chi connectivity index (χ0) is 19.8. The molecule has 28 heavy (non-hydrogen) atoms. The zero-order valence-electron chi connectivity index (χ0n) is 15.8. The Morgan fingerprint density at radius 3 is 2.61 bits per heavy atom. The van der Waals surface area contributed by atoms with Crippen LogP contribution in [-0.4, -0.2) is 31.8 Å². The maximum atomic E-state index is 12.0. The van der Waals surface area contributed by atoms with Crippen molar-refractivity contribution < 1.29 is 19.0 Å². The van der Waals surface area contributed by atoms with Crippen LogP contribution >= 0.6 is 11.3 Å². The van der Waals surface area contributed by atoms with Gasteiger partial charge in [-0.15, -0.1) is 11.3 Å². The lowest BCUT2D eigenvalue weighted by atomic mass is 10.2. The van der Waals surface area contributed by atoms with Crippen molar-refractivity contribution in [3.8, 4) is 22.1 Å². The van der Waals surface area contributed by atoms with E-state index in [1.807, 2.05) is 66.1 Å². The third-order valence-electron chi connectivity index (χ3n) is 3.96. The van der Waals surface area contributed by atoms with Gasteiger partial charge in [-0.3, -0.25) is 4.79 Å². The van der Waals surface area contributed by atoms with Gasteiger partial charge in [0.15, 0.2) is 11.5 Å². The van der Waals surface area contributed by atoms with Crippen LogP contribution in [0.25, 0.3) is 16.6 Å². The van der Waals surface area contributed by atoms with E-state index < -0.39 is 0 Å². The molecule has 3 rings (SSSR count). The minimum Gasteiger partial charge on any atom is -0.493 e. The molecule has 0 aliphatic heterocycles. The molecule has 0 saturated heterocycles. The molecule has 0 N–H and O–H groups in total. The average Bonchev–Trinajstić information content (AvgIpc) is 3.19. The molecule has 0 amide bonds. The van der Waals surface area contributed by atoms with E-state index in [9.17, 15) is 4.79 Å². The highest BCUT2D eigenvalue weighted by molar-refractivity contribution is 7.13. The Balaban J connectivity index is 1.55. The van der Waals surface area contributed by atoms with E-state index in [1.54, 1.807) is 14.2 Å². The molecule has 2 aromatic carbocycles. The Labute approximate surface area is 168 Å². The number of aromatic nitrogens is 1. The summed E-state index contributed by atoms with van der Waals surface area (Å²) < 4.78 is 15.8. The first-order valence-corrected chi connectivity index (χ1v) is 9.61. The molecule has 0 unspecified atom stereocenters. The molecule has 0 aliphatic rings. The second-order valence-electron chi connectivity index (χ2n) is 5.89. The Hall–Kier alpha value is -3.12. The van der Waals surface area contributed by atoms with Gasteiger partial charge in [0.2, 0.25) is 0 Å². The van der Waals surface area contributed by atoms with Gasteiger partial charge in [-0.2, -0.15) is 0 Å². The largest absolute Gasteiger partial charge is 0.493 e. The van der Waals surface area contributed by atoms with Gasteiger partial charge in [0.1, 0.15) is 11.6 Å². The Morgan fingerprint density at radius 2 is 1.86 bits per heavy atom. The van der Waals surface area contributed by atoms with Gasteiger partial charge in [0, 0.05) is 10.9 Å². The van der Waals surface area contributed by atoms with Crippen molar-refractivity contribution >= 4 is 23.4 Å². The van der Waals surface area contributed by atoms with Gasteiger partial charge in [0.05, 0.1) is 26.3 Å². The van der Waals surface area contributed by atoms with Gasteiger partial charge < -0.3 is 14.2 Å². The predicted molar refractivity (Wildman–Crippen MR) is 111 cm³/mol. The van der Waals surface area contributed by atoms with Crippen LogP contribution in [0.4, 0.5) is 0 Å². The molecule has 0 radical (unpaired) electrons. The predicted octanol–water partition coefficient (Wildman–Crippen LogP) is 4.63. The number of rotatable bonds is 8. The fraction of sp³-hybridized carbons (Fsp3) is 0.182. The molecule has 3 aromatic rings. The standard InChI is InChI=1S/C22H21NO4S/c1-25-19-11-10-17(13-20(19)26-2)22-23-18(15-28-22)14-21(24)27-12-6-9-16-7-4-3-5-8-16/h3-11,13,15H,12,14H2,1-2H3. The van der Waals surface area contributed by atoms with Gasteiger partial charge in [-0.25, -0.2) is 4.98 Å². The summed E-state index contributed by atoms with van der Waals surface area (Å²) in [6.07, 6.45) is 3.89. The third kappa shape index (κ3) is 5.20. The van der Waals surface area contributed by atoms with Crippen LogP contribution in [0, 0.1) is 0 Å². The number of esters is 1. The number of hydrogen-bond acceptors (Lipinski definition) is 6. The molecule has 0 spiro atoms. The molecule has 0 aliphatic carbocycles. The van der Waals surface area contributed by atoms with Crippen LogP contribution in [0.3, 0.4) is 0 Å². The van der Waals surface area contributed by atoms with Crippen LogP contribution in [0.2, 0.25) is 0 Å². The minimum atomic E-state index is -0.304. The topological polar surface area (TPSA) is 57.7 Å². The highest BCUT2D eigenvalue weighted by Crippen LogP contribution is 2.33. The van der Waals surface area contributed by atoms with E-state index in [0.29, 0.717) is 17.2 Å². The van der Waals surface area contributed by atoms with Crippen LogP contribution in [0.1, 0.15) is 11.3 Å². The molecule has 0 bridgehead atoms. The Kier molecular flexibility index (Phi) is 6.81. The lowest BCUT2D eigenvalue weighted by Crippen LogP contribution is -2.08. The van der Waals surface area contributed by atoms with Crippen molar-refractivity contribution in [2.45, 2.75) is 6.42 Å². The van der Waals surface area contributed by atoms with Crippen LogP contribution in [0.5, 0.6) is 11.5 Å². The van der Waals surface area contributed by atoms with Crippen LogP contribution < -0.4 is 9.47 Å². The Morgan fingerprint density at radius 1 is 1.07 bits per heavy atom. The van der Waals surface area contributed by atoms with E-state index in [0.717, 1.165) is 16.1 Å². The highest BCUT2D eigenvalue weighted by Gasteiger charge is 2.12. The van der Waals surface area contributed by atoms with E-state index >= 15 is 0 Å². The number of methoxy groups -OCH3 is 2. The number of carbonyl (C=O) groups excluding carboxylic acids is 1. The number of thiazole rings is 1. The fourth-order valence-corrected chi connectivity index (χ4v) is 3.40. The van der Waals surface area contributed by atoms with Crippen molar-refractivity contribution in [2.24, 2.45) is 0 Å². The van der Waals surface area contributed by atoms with E-state index in [1.165, 1.54) is 11.3 Å². The number of hydrogen-bond donors (Lipinski definition) is 0. The summed E-state index contributed by atoms with van der Waals surface area (Å²) in [6, 6.07) is 15.5. The second-order valence-corrected chi connectivity index (χ2v) is 6.74. The number of ether oxygens (including phenoxy) is 3. The maximum absolute atomic E-state index is 12.0. The molecular formula is C22H21NO4S. The first-order chi connectivity index (χ1) is 13.7. The van der Waals surface area contributed by atoms with Gasteiger partial charge in [0.25, 0.3) is 0 Å². The summed E-state index contributed by atoms with van der Waals surface area (Å²) in [4.78, 5) is 16.6. The average molecular weight is 395 g/mol. The first-order valence-electron chi connectivity index (χ1n) is 8.73. The normalized spacial score (nSPS) is 10.8. The molecule has 0 saturated carbocycles. The molecular weight excluding hydrogens is 374 g/mol. The molecule has 1 aromatic heterocycles. The van der Waals surface area contributed by atoms with Crippen LogP contribution in [-0.2, 0) is 16.0 Å². The third-order valence-corrected chi connectivity index (χ3v) is 4.90. The highest BCUT2D eigenvalue weighted by atomic mass is 32.1. The van der Waals surface area contributed by atoms with Gasteiger partial charge in [-0.05, 0) is 29.8 Å². The SMILES string of the molecule is COc1ccc(-c2nc(CC(=O)OCC=Cc3ccccc3)cs2)cc1OC. The number of carbonyl (C=O) groups is 1. The van der Waals surface area contributed by atoms with E-state index in [2.05, 4.69) is 4.98 Å². The van der Waals surface area contributed by atoms with E-state index in [4.69, 9.17) is 14.2 Å². The summed E-state index contributed by atoms with van der Waals surface area (Å²) in [5, 5.41) is 2.68. The van der Waals surface area contributed by atoms with Crippen LogP contribution in [0.15, 0.2) is 60.0 Å². The molecule has 0 fully saturated rings. The fourth-order valence-electron chi connectivity index (χ4n) is 2.58. The number of benzene rings is 2. The lowest BCUT2D eigenvalue weighted by Gasteiger charge is -2.08.